The first-order valence-corrected chi connectivity index (χ1v) is 11.6. The number of halogens is 2. The van der Waals surface area contributed by atoms with Gasteiger partial charge in [0.15, 0.2) is 0 Å². The van der Waals surface area contributed by atoms with E-state index in [1.807, 2.05) is 18.2 Å². The van der Waals surface area contributed by atoms with Gasteiger partial charge >= 0.3 is 79.8 Å². The van der Waals surface area contributed by atoms with Crippen LogP contribution in [0.1, 0.15) is 58.1 Å². The van der Waals surface area contributed by atoms with Crippen LogP contribution in [0.2, 0.25) is 0 Å². The molecule has 0 unspecified atom stereocenters. The molecule has 2 aliphatic carbocycles. The third-order valence-electron chi connectivity index (χ3n) is 4.51. The van der Waals surface area contributed by atoms with Gasteiger partial charge in [0, 0.05) is 0 Å². The molecule has 0 nitrogen and oxygen atoms in total. The van der Waals surface area contributed by atoms with Crippen LogP contribution < -0.4 is 24.8 Å². The maximum absolute atomic E-state index is 3.30. The molecule has 0 saturated heterocycles. The Morgan fingerprint density at radius 1 is 0.933 bits per heavy atom. The van der Waals surface area contributed by atoms with Crippen LogP contribution in [0.4, 0.5) is 0 Å². The van der Waals surface area contributed by atoms with Crippen molar-refractivity contribution in [2.24, 2.45) is 11.8 Å². The van der Waals surface area contributed by atoms with Gasteiger partial charge in [0.2, 0.25) is 0 Å². The van der Waals surface area contributed by atoms with Crippen molar-refractivity contribution in [2.75, 3.05) is 0 Å². The normalized spacial score (nSPS) is 12.0. The zero-order valence-corrected chi connectivity index (χ0v) is 22.5. The van der Waals surface area contributed by atoms with Crippen molar-refractivity contribution in [3.63, 3.8) is 0 Å². The Hall–Kier alpha value is -0.747. The smallest absolute Gasteiger partial charge is 0.0253 e. The van der Waals surface area contributed by atoms with Gasteiger partial charge in [0.1, 0.15) is 0 Å². The van der Waals surface area contributed by atoms with Crippen molar-refractivity contribution in [1.82, 2.24) is 0 Å². The summed E-state index contributed by atoms with van der Waals surface area (Å²) in [6.07, 6.45) is 13.7. The zero-order valence-electron chi connectivity index (χ0n) is 18.5. The summed E-state index contributed by atoms with van der Waals surface area (Å²) in [6, 6.07) is 18.1. The van der Waals surface area contributed by atoms with E-state index in [2.05, 4.69) is 82.3 Å². The molecule has 0 atom stereocenters. The molecule has 2 aromatic rings. The Morgan fingerprint density at radius 2 is 1.57 bits per heavy atom. The van der Waals surface area contributed by atoms with E-state index in [1.54, 1.807) is 27.4 Å². The summed E-state index contributed by atoms with van der Waals surface area (Å²) in [4.78, 5) is 0. The van der Waals surface area contributed by atoms with Crippen LogP contribution in [0.15, 0.2) is 60.7 Å². The second kappa shape index (κ2) is 16.0. The second-order valence-electron chi connectivity index (χ2n) is 8.20. The molecule has 0 N–H and O–H groups in total. The minimum absolute atomic E-state index is 0. The van der Waals surface area contributed by atoms with E-state index in [9.17, 15) is 0 Å². The summed E-state index contributed by atoms with van der Waals surface area (Å²) in [6.45, 7) is 9.18. The maximum Gasteiger partial charge on any atom is -0.0253 e. The molecule has 2 aromatic carbocycles. The van der Waals surface area contributed by atoms with Crippen molar-refractivity contribution in [1.29, 1.82) is 0 Å². The standard InChI is InChI=1S/C13H9.C9H18.C5H5.2ClH.Zr/c1-3-7-12-10(5-1)9-11-6-2-4-8-13(11)12;1-8(2)6-5-7-9(3)4;1-2-4-5-3-1;;;/h1-5,7-8H,9H2;8-9H,6-7H2,1-4H3;1-3H,4H2;2*1H;/q-1;;-1;;;+2/p-2. The fourth-order valence-corrected chi connectivity index (χ4v) is 5.41. The largest absolute Gasteiger partial charge is 1.00 e. The first-order chi connectivity index (χ1) is 13.5. The van der Waals surface area contributed by atoms with Gasteiger partial charge in [-0.3, -0.25) is 6.08 Å². The average Bonchev–Trinajstić information content (AvgIpc) is 3.32. The molecule has 4 rings (SSSR count). The maximum atomic E-state index is 3.30. The van der Waals surface area contributed by atoms with Crippen LogP contribution in [0.5, 0.6) is 0 Å². The van der Waals surface area contributed by atoms with E-state index in [1.165, 1.54) is 35.1 Å². The predicted molar refractivity (Wildman–Crippen MR) is 119 cm³/mol. The Morgan fingerprint density at radius 3 is 2.10 bits per heavy atom. The van der Waals surface area contributed by atoms with E-state index < -0.39 is 0 Å². The van der Waals surface area contributed by atoms with Gasteiger partial charge in [-0.1, -0.05) is 35.4 Å². The van der Waals surface area contributed by atoms with Crippen molar-refractivity contribution in [3.8, 4) is 11.1 Å². The third-order valence-corrected chi connectivity index (χ3v) is 5.52. The summed E-state index contributed by atoms with van der Waals surface area (Å²) < 4.78 is 1.75. The van der Waals surface area contributed by atoms with Gasteiger partial charge < -0.3 is 24.8 Å². The van der Waals surface area contributed by atoms with Crippen LogP contribution in [0, 0.1) is 24.0 Å². The van der Waals surface area contributed by atoms with E-state index in [0.717, 1.165) is 24.7 Å². The summed E-state index contributed by atoms with van der Waals surface area (Å²) >= 11 is 1.65. The third kappa shape index (κ3) is 10.5. The molecule has 0 fully saturated rings. The molecule has 160 valence electrons. The Kier molecular flexibility index (Phi) is 15.6. The van der Waals surface area contributed by atoms with Crippen LogP contribution >= 0.6 is 0 Å². The van der Waals surface area contributed by atoms with Gasteiger partial charge in [-0.25, -0.2) is 12.2 Å². The molecule has 30 heavy (non-hydrogen) atoms. The minimum atomic E-state index is 0. The van der Waals surface area contributed by atoms with Crippen molar-refractivity contribution in [3.05, 3.63) is 84.0 Å². The SMILES string of the molecule is CC(C)C[C](=[Zr+2])CC(C)C.[C-]1=CC=CC1.[Cl-].[Cl-].[c-]1cccc2c1Cc1ccccc1-2. The van der Waals surface area contributed by atoms with Crippen molar-refractivity contribution in [2.45, 2.75) is 53.4 Å². The van der Waals surface area contributed by atoms with Gasteiger partial charge in [0.05, 0.1) is 0 Å². The molecular weight excluding hydrogens is 486 g/mol. The van der Waals surface area contributed by atoms with Crippen LogP contribution in [0.3, 0.4) is 0 Å². The van der Waals surface area contributed by atoms with E-state index in [0.29, 0.717) is 0 Å². The number of fused-ring (bicyclic) bond motifs is 3. The molecule has 0 heterocycles. The zero-order chi connectivity index (χ0) is 20.4. The molecule has 0 aliphatic heterocycles. The summed E-state index contributed by atoms with van der Waals surface area (Å²) in [7, 11) is 0. The average molecular weight is 519 g/mol. The first-order valence-electron chi connectivity index (χ1n) is 10.3. The second-order valence-corrected chi connectivity index (χ2v) is 9.94. The quantitative estimate of drug-likeness (QED) is 0.455. The topological polar surface area (TPSA) is 0 Å². The molecular formula is C27H32Cl2Zr-2. The predicted octanol–water partition coefficient (Wildman–Crippen LogP) is 1.17. The van der Waals surface area contributed by atoms with E-state index >= 15 is 0 Å². The molecule has 0 bridgehead atoms. The molecule has 0 aromatic heterocycles. The number of hydrogen-bond donors (Lipinski definition) is 0. The first kappa shape index (κ1) is 29.3. The molecule has 0 radical (unpaired) electrons. The molecule has 0 amide bonds. The van der Waals surface area contributed by atoms with Gasteiger partial charge in [-0.15, -0.1) is 12.0 Å². The molecule has 0 saturated carbocycles. The fraction of sp³-hybridized carbons (Fsp3) is 0.370. The number of rotatable bonds is 4. The minimum Gasteiger partial charge on any atom is -1.00 e. The molecule has 0 spiro atoms. The Balaban J connectivity index is 0.000000444. The van der Waals surface area contributed by atoms with Gasteiger partial charge in [0.25, 0.3) is 0 Å². The summed E-state index contributed by atoms with van der Waals surface area (Å²) in [5.74, 6) is 1.71. The summed E-state index contributed by atoms with van der Waals surface area (Å²) in [5, 5.41) is 0. The van der Waals surface area contributed by atoms with E-state index in [-0.39, 0.29) is 24.8 Å². The monoisotopic (exact) mass is 516 g/mol. The number of hydrogen-bond acceptors (Lipinski definition) is 0. The Bertz CT molecular complexity index is 754. The van der Waals surface area contributed by atoms with Gasteiger partial charge in [-0.2, -0.15) is 35.9 Å². The van der Waals surface area contributed by atoms with Crippen molar-refractivity contribution >= 4 is 3.21 Å². The fourth-order valence-electron chi connectivity index (χ4n) is 3.41. The van der Waals surface area contributed by atoms with Crippen molar-refractivity contribution < 1.29 is 49.0 Å². The van der Waals surface area contributed by atoms with Crippen LogP contribution in [-0.2, 0) is 30.7 Å². The summed E-state index contributed by atoms with van der Waals surface area (Å²) in [5.41, 5.74) is 5.51. The molecule has 3 heteroatoms. The molecule has 2 aliphatic rings. The number of allylic oxidation sites excluding steroid dienone is 4. The van der Waals surface area contributed by atoms with Crippen LogP contribution in [-0.4, -0.2) is 3.21 Å². The van der Waals surface area contributed by atoms with Gasteiger partial charge in [-0.05, 0) is 6.42 Å². The Labute approximate surface area is 211 Å². The number of benzene rings is 2. The van der Waals surface area contributed by atoms with E-state index in [4.69, 9.17) is 0 Å². The van der Waals surface area contributed by atoms with Crippen LogP contribution in [0.25, 0.3) is 11.1 Å².